The minimum absolute atomic E-state index is 0.0506. The van der Waals surface area contributed by atoms with E-state index in [1.54, 1.807) is 18.2 Å². The molecule has 0 fully saturated rings. The lowest BCUT2D eigenvalue weighted by atomic mass is 10.2. The smallest absolute Gasteiger partial charge is 0.314 e. The van der Waals surface area contributed by atoms with Gasteiger partial charge in [0, 0.05) is 6.07 Å². The Labute approximate surface area is 133 Å². The maximum absolute atomic E-state index is 11.1. The summed E-state index contributed by atoms with van der Waals surface area (Å²) >= 11 is 1.87. The number of ether oxygens (including phenoxy) is 1. The molecule has 6 nitrogen and oxygen atoms in total. The van der Waals surface area contributed by atoms with Gasteiger partial charge in [-0.3, -0.25) is 10.1 Å². The first kappa shape index (κ1) is 14.8. The summed E-state index contributed by atoms with van der Waals surface area (Å²) in [5, 5.41) is 28.8. The summed E-state index contributed by atoms with van der Waals surface area (Å²) in [6.45, 7) is 0. The van der Waals surface area contributed by atoms with Crippen LogP contribution in [0.5, 0.6) is 11.5 Å². The standard InChI is InChI=1S/C14H6IN3O3/c15-12-5-10(8-17)6-13(18(19)20)14(12)21-11-3-1-2-9(4-11)7-16/h1-6H. The molecule has 0 aliphatic carbocycles. The summed E-state index contributed by atoms with van der Waals surface area (Å²) in [7, 11) is 0. The molecule has 102 valence electrons. The van der Waals surface area contributed by atoms with Crippen molar-refractivity contribution in [3.05, 3.63) is 61.2 Å². The summed E-state index contributed by atoms with van der Waals surface area (Å²) in [6, 6.07) is 12.8. The quantitative estimate of drug-likeness (QED) is 0.451. The van der Waals surface area contributed by atoms with Gasteiger partial charge in [-0.15, -0.1) is 0 Å². The van der Waals surface area contributed by atoms with Crippen LogP contribution in [0, 0.1) is 36.3 Å². The molecule has 2 aromatic rings. The SMILES string of the molecule is N#Cc1cccc(Oc2c(I)cc(C#N)cc2[N+](=O)[O-])c1. The lowest BCUT2D eigenvalue weighted by Gasteiger charge is -2.09. The van der Waals surface area contributed by atoms with E-state index in [9.17, 15) is 10.1 Å². The molecule has 0 aliphatic rings. The number of nitrogens with zero attached hydrogens (tertiary/aromatic N) is 3. The van der Waals surface area contributed by atoms with Crippen LogP contribution in [0.25, 0.3) is 0 Å². The van der Waals surface area contributed by atoms with E-state index < -0.39 is 4.92 Å². The normalized spacial score (nSPS) is 9.48. The summed E-state index contributed by atoms with van der Waals surface area (Å²) in [4.78, 5) is 10.5. The highest BCUT2D eigenvalue weighted by molar-refractivity contribution is 14.1. The van der Waals surface area contributed by atoms with E-state index in [1.165, 1.54) is 12.1 Å². The van der Waals surface area contributed by atoms with Gasteiger partial charge in [0.2, 0.25) is 5.75 Å². The fraction of sp³-hybridized carbons (Fsp3) is 0. The van der Waals surface area contributed by atoms with Crippen molar-refractivity contribution in [3.8, 4) is 23.6 Å². The molecule has 7 heteroatoms. The molecule has 0 aliphatic heterocycles. The van der Waals surface area contributed by atoms with Crippen LogP contribution in [0.15, 0.2) is 36.4 Å². The maximum Gasteiger partial charge on any atom is 0.314 e. The zero-order valence-corrected chi connectivity index (χ0v) is 12.6. The first-order valence-electron chi connectivity index (χ1n) is 5.61. The van der Waals surface area contributed by atoms with Crippen LogP contribution < -0.4 is 4.74 Å². The van der Waals surface area contributed by atoms with Crippen LogP contribution in [0.3, 0.4) is 0 Å². The highest BCUT2D eigenvalue weighted by Crippen LogP contribution is 2.36. The Morgan fingerprint density at radius 2 is 1.86 bits per heavy atom. The van der Waals surface area contributed by atoms with Gasteiger partial charge in [0.15, 0.2) is 0 Å². The average Bonchev–Trinajstić information content (AvgIpc) is 2.49. The summed E-state index contributed by atoms with van der Waals surface area (Å²) in [5.41, 5.74) is 0.281. The first-order valence-corrected chi connectivity index (χ1v) is 6.69. The van der Waals surface area contributed by atoms with E-state index in [0.717, 1.165) is 6.07 Å². The Morgan fingerprint density at radius 3 is 2.48 bits per heavy atom. The number of halogens is 1. The van der Waals surface area contributed by atoms with Crippen molar-refractivity contribution in [1.29, 1.82) is 10.5 Å². The summed E-state index contributed by atoms with van der Waals surface area (Å²) < 4.78 is 5.98. The summed E-state index contributed by atoms with van der Waals surface area (Å²) in [5.74, 6) is 0.370. The fourth-order valence-electron chi connectivity index (χ4n) is 1.63. The van der Waals surface area contributed by atoms with Gasteiger partial charge in [0.1, 0.15) is 5.75 Å². The Kier molecular flexibility index (Phi) is 4.36. The monoisotopic (exact) mass is 391 g/mol. The molecule has 2 rings (SSSR count). The first-order chi connectivity index (χ1) is 10.0. The maximum atomic E-state index is 11.1. The number of hydrogen-bond acceptors (Lipinski definition) is 5. The molecule has 0 heterocycles. The molecule has 0 saturated carbocycles. The molecule has 0 amide bonds. The summed E-state index contributed by atoms with van der Waals surface area (Å²) in [6.07, 6.45) is 0. The molecule has 0 atom stereocenters. The number of hydrogen-bond donors (Lipinski definition) is 0. The molecular weight excluding hydrogens is 385 g/mol. The van der Waals surface area contributed by atoms with Crippen molar-refractivity contribution in [2.45, 2.75) is 0 Å². The Hall–Kier alpha value is -2.65. The van der Waals surface area contributed by atoms with Crippen LogP contribution in [-0.2, 0) is 0 Å². The Morgan fingerprint density at radius 1 is 1.14 bits per heavy atom. The Balaban J connectivity index is 2.51. The predicted molar refractivity (Wildman–Crippen MR) is 81.8 cm³/mol. The molecule has 2 aromatic carbocycles. The second kappa shape index (κ2) is 6.20. The molecule has 0 aromatic heterocycles. The predicted octanol–water partition coefficient (Wildman–Crippen LogP) is 3.74. The van der Waals surface area contributed by atoms with Crippen molar-refractivity contribution in [2.75, 3.05) is 0 Å². The second-order valence-electron chi connectivity index (χ2n) is 3.92. The van der Waals surface area contributed by atoms with E-state index in [1.807, 2.05) is 34.7 Å². The Bertz CT molecular complexity index is 806. The van der Waals surface area contributed by atoms with Gasteiger partial charge in [-0.05, 0) is 46.9 Å². The van der Waals surface area contributed by atoms with Gasteiger partial charge in [-0.2, -0.15) is 10.5 Å². The van der Waals surface area contributed by atoms with Crippen LogP contribution in [-0.4, -0.2) is 4.92 Å². The van der Waals surface area contributed by atoms with Gasteiger partial charge in [0.25, 0.3) is 0 Å². The molecule has 0 unspecified atom stereocenters. The second-order valence-corrected chi connectivity index (χ2v) is 5.08. The number of nitro groups is 1. The van der Waals surface area contributed by atoms with Crippen molar-refractivity contribution in [1.82, 2.24) is 0 Å². The van der Waals surface area contributed by atoms with E-state index in [-0.39, 0.29) is 17.0 Å². The minimum atomic E-state index is -0.605. The lowest BCUT2D eigenvalue weighted by Crippen LogP contribution is -1.97. The molecule has 21 heavy (non-hydrogen) atoms. The zero-order valence-electron chi connectivity index (χ0n) is 10.4. The number of rotatable bonds is 3. The number of nitriles is 2. The highest BCUT2D eigenvalue weighted by atomic mass is 127. The molecule has 0 saturated heterocycles. The number of nitro benzene ring substituents is 1. The third-order valence-corrected chi connectivity index (χ3v) is 3.33. The van der Waals surface area contributed by atoms with Crippen LogP contribution in [0.1, 0.15) is 11.1 Å². The highest BCUT2D eigenvalue weighted by Gasteiger charge is 2.21. The van der Waals surface area contributed by atoms with E-state index in [0.29, 0.717) is 14.9 Å². The molecule has 0 spiro atoms. The van der Waals surface area contributed by atoms with Gasteiger partial charge in [0.05, 0.1) is 31.8 Å². The third kappa shape index (κ3) is 3.27. The van der Waals surface area contributed by atoms with E-state index >= 15 is 0 Å². The molecule has 0 bridgehead atoms. The zero-order chi connectivity index (χ0) is 15.4. The van der Waals surface area contributed by atoms with Gasteiger partial charge < -0.3 is 4.74 Å². The van der Waals surface area contributed by atoms with Crippen LogP contribution in [0.2, 0.25) is 0 Å². The third-order valence-electron chi connectivity index (χ3n) is 2.53. The minimum Gasteiger partial charge on any atom is -0.449 e. The van der Waals surface area contributed by atoms with Gasteiger partial charge in [-0.25, -0.2) is 0 Å². The molecule has 0 N–H and O–H groups in total. The molecular formula is C14H6IN3O3. The fourth-order valence-corrected chi connectivity index (χ4v) is 2.35. The van der Waals surface area contributed by atoms with Crippen molar-refractivity contribution in [2.24, 2.45) is 0 Å². The largest absolute Gasteiger partial charge is 0.449 e. The van der Waals surface area contributed by atoms with Crippen LogP contribution in [0.4, 0.5) is 5.69 Å². The van der Waals surface area contributed by atoms with Gasteiger partial charge >= 0.3 is 5.69 Å². The topological polar surface area (TPSA) is 99.9 Å². The number of benzene rings is 2. The van der Waals surface area contributed by atoms with Crippen LogP contribution >= 0.6 is 22.6 Å². The van der Waals surface area contributed by atoms with E-state index in [2.05, 4.69) is 0 Å². The van der Waals surface area contributed by atoms with Crippen molar-refractivity contribution in [3.63, 3.8) is 0 Å². The van der Waals surface area contributed by atoms with Crippen molar-refractivity contribution >= 4 is 28.3 Å². The van der Waals surface area contributed by atoms with Crippen molar-refractivity contribution < 1.29 is 9.66 Å². The average molecular weight is 391 g/mol. The molecule has 0 radical (unpaired) electrons. The van der Waals surface area contributed by atoms with E-state index in [4.69, 9.17) is 15.3 Å². The lowest BCUT2D eigenvalue weighted by molar-refractivity contribution is -0.385. The van der Waals surface area contributed by atoms with Gasteiger partial charge in [-0.1, -0.05) is 6.07 Å².